The zero-order chi connectivity index (χ0) is 14.7. The summed E-state index contributed by atoms with van der Waals surface area (Å²) >= 11 is 6.12. The Morgan fingerprint density at radius 1 is 1.60 bits per heavy atom. The van der Waals surface area contributed by atoms with Gasteiger partial charge in [-0.15, -0.1) is 0 Å². The summed E-state index contributed by atoms with van der Waals surface area (Å²) in [7, 11) is 0. The van der Waals surface area contributed by atoms with Crippen molar-refractivity contribution in [2.45, 2.75) is 38.8 Å². The molecule has 1 amide bonds. The molecule has 5 heteroatoms. The first-order valence-electron chi connectivity index (χ1n) is 7.01. The Morgan fingerprint density at radius 2 is 2.35 bits per heavy atom. The van der Waals surface area contributed by atoms with Gasteiger partial charge in [0.2, 0.25) is 5.91 Å². The minimum atomic E-state index is -0.481. The molecule has 20 heavy (non-hydrogen) atoms. The van der Waals surface area contributed by atoms with Crippen molar-refractivity contribution >= 4 is 17.5 Å². The van der Waals surface area contributed by atoms with E-state index in [2.05, 4.69) is 5.32 Å². The average molecular weight is 297 g/mol. The fourth-order valence-electron chi connectivity index (χ4n) is 2.32. The van der Waals surface area contributed by atoms with Crippen molar-refractivity contribution in [2.75, 3.05) is 6.61 Å². The van der Waals surface area contributed by atoms with Crippen LogP contribution < -0.4 is 15.8 Å². The Morgan fingerprint density at radius 3 is 3.05 bits per heavy atom. The molecule has 110 valence electrons. The Balaban J connectivity index is 2.13. The summed E-state index contributed by atoms with van der Waals surface area (Å²) in [6.07, 6.45) is 1.61. The summed E-state index contributed by atoms with van der Waals surface area (Å²) in [6, 6.07) is 5.02. The molecule has 3 atom stereocenters. The molecule has 1 aromatic rings. The van der Waals surface area contributed by atoms with E-state index in [1.807, 2.05) is 26.0 Å². The second kappa shape index (κ2) is 6.46. The number of hydrogen-bond donors (Lipinski definition) is 2. The molecule has 0 spiro atoms. The second-order valence-electron chi connectivity index (χ2n) is 5.27. The highest BCUT2D eigenvalue weighted by atomic mass is 35.5. The molecule has 0 saturated carbocycles. The van der Waals surface area contributed by atoms with E-state index in [1.165, 1.54) is 0 Å². The van der Waals surface area contributed by atoms with Gasteiger partial charge in [-0.2, -0.15) is 0 Å². The monoisotopic (exact) mass is 296 g/mol. The van der Waals surface area contributed by atoms with Gasteiger partial charge >= 0.3 is 0 Å². The molecule has 3 unspecified atom stereocenters. The Hall–Kier alpha value is -1.26. The van der Waals surface area contributed by atoms with Crippen LogP contribution in [0.25, 0.3) is 0 Å². The van der Waals surface area contributed by atoms with Crippen LogP contribution in [0, 0.1) is 5.92 Å². The summed E-state index contributed by atoms with van der Waals surface area (Å²) in [5, 5.41) is 3.59. The van der Waals surface area contributed by atoms with E-state index in [0.29, 0.717) is 17.4 Å². The number of carbonyl (C=O) groups is 1. The van der Waals surface area contributed by atoms with Crippen molar-refractivity contribution in [3.8, 4) is 5.75 Å². The van der Waals surface area contributed by atoms with Crippen LogP contribution in [0.3, 0.4) is 0 Å². The molecule has 3 N–H and O–H groups in total. The lowest BCUT2D eigenvalue weighted by atomic mass is 9.96. The molecule has 2 rings (SSSR count). The third-order valence-corrected chi connectivity index (χ3v) is 4.20. The molecule has 1 heterocycles. The zero-order valence-corrected chi connectivity index (χ0v) is 12.6. The maximum atomic E-state index is 12.2. The fraction of sp³-hybridized carbons (Fsp3) is 0.533. The molecule has 0 radical (unpaired) electrons. The normalized spacial score (nSPS) is 20.5. The maximum absolute atomic E-state index is 12.2. The largest absolute Gasteiger partial charge is 0.492 e. The summed E-state index contributed by atoms with van der Waals surface area (Å²) in [5.74, 6) is 0.716. The number of amides is 1. The van der Waals surface area contributed by atoms with E-state index >= 15 is 0 Å². The third-order valence-electron chi connectivity index (χ3n) is 3.90. The van der Waals surface area contributed by atoms with Gasteiger partial charge in [-0.3, -0.25) is 4.79 Å². The highest BCUT2D eigenvalue weighted by molar-refractivity contribution is 6.32. The van der Waals surface area contributed by atoms with Crippen LogP contribution in [0.15, 0.2) is 18.2 Å². The van der Waals surface area contributed by atoms with E-state index in [9.17, 15) is 4.79 Å². The molecule has 0 bridgehead atoms. The van der Waals surface area contributed by atoms with E-state index in [0.717, 1.165) is 18.4 Å². The summed E-state index contributed by atoms with van der Waals surface area (Å²) in [6.45, 7) is 4.56. The molecule has 4 nitrogen and oxygen atoms in total. The van der Waals surface area contributed by atoms with E-state index in [-0.39, 0.29) is 17.9 Å². The van der Waals surface area contributed by atoms with Crippen LogP contribution >= 0.6 is 11.6 Å². The van der Waals surface area contributed by atoms with Gasteiger partial charge in [0, 0.05) is 12.0 Å². The SMILES string of the molecule is CCC(C)C(N)C(=O)NC1CCOc2c(Cl)cccc21. The van der Waals surface area contributed by atoms with Gasteiger partial charge < -0.3 is 15.8 Å². The number of hydrogen-bond acceptors (Lipinski definition) is 3. The smallest absolute Gasteiger partial charge is 0.237 e. The van der Waals surface area contributed by atoms with Gasteiger partial charge in [-0.05, 0) is 12.0 Å². The molecule has 1 aliphatic rings. The molecule has 0 fully saturated rings. The van der Waals surface area contributed by atoms with Gasteiger partial charge in [0.1, 0.15) is 5.75 Å². The Labute approximate surface area is 124 Å². The summed E-state index contributed by atoms with van der Waals surface area (Å²) in [5.41, 5.74) is 6.89. The van der Waals surface area contributed by atoms with Gasteiger partial charge in [-0.1, -0.05) is 44.0 Å². The number of para-hydroxylation sites is 1. The van der Waals surface area contributed by atoms with Crippen LogP contribution in [0.4, 0.5) is 0 Å². The lowest BCUT2D eigenvalue weighted by molar-refractivity contribution is -0.124. The second-order valence-corrected chi connectivity index (χ2v) is 5.68. The van der Waals surface area contributed by atoms with Crippen LogP contribution in [0.1, 0.15) is 38.3 Å². The maximum Gasteiger partial charge on any atom is 0.237 e. The number of rotatable bonds is 4. The Kier molecular flexibility index (Phi) is 4.89. The van der Waals surface area contributed by atoms with Crippen molar-refractivity contribution in [3.63, 3.8) is 0 Å². The number of ether oxygens (including phenoxy) is 1. The topological polar surface area (TPSA) is 64.4 Å². The molecule has 0 aromatic heterocycles. The van der Waals surface area contributed by atoms with Crippen LogP contribution in [0.2, 0.25) is 5.02 Å². The first-order valence-corrected chi connectivity index (χ1v) is 7.39. The van der Waals surface area contributed by atoms with Crippen molar-refractivity contribution in [1.82, 2.24) is 5.32 Å². The van der Waals surface area contributed by atoms with Crippen molar-refractivity contribution < 1.29 is 9.53 Å². The lowest BCUT2D eigenvalue weighted by Gasteiger charge is -2.29. The van der Waals surface area contributed by atoms with Crippen molar-refractivity contribution in [3.05, 3.63) is 28.8 Å². The molecule has 0 aliphatic carbocycles. The molecular weight excluding hydrogens is 276 g/mol. The zero-order valence-electron chi connectivity index (χ0n) is 11.9. The number of carbonyl (C=O) groups excluding carboxylic acids is 1. The molecule has 0 saturated heterocycles. The quantitative estimate of drug-likeness (QED) is 0.898. The standard InChI is InChI=1S/C15H21ClN2O2/c1-3-9(2)13(17)15(19)18-12-7-8-20-14-10(12)5-4-6-11(14)16/h4-6,9,12-13H,3,7-8,17H2,1-2H3,(H,18,19). The number of benzene rings is 1. The van der Waals surface area contributed by atoms with Gasteiger partial charge in [-0.25, -0.2) is 0 Å². The van der Waals surface area contributed by atoms with Crippen molar-refractivity contribution in [1.29, 1.82) is 0 Å². The van der Waals surface area contributed by atoms with E-state index in [1.54, 1.807) is 6.07 Å². The lowest BCUT2D eigenvalue weighted by Crippen LogP contribution is -2.46. The van der Waals surface area contributed by atoms with Crippen LogP contribution in [-0.2, 0) is 4.79 Å². The number of nitrogens with two attached hydrogens (primary N) is 1. The van der Waals surface area contributed by atoms with E-state index in [4.69, 9.17) is 22.1 Å². The minimum Gasteiger partial charge on any atom is -0.492 e. The van der Waals surface area contributed by atoms with Crippen LogP contribution in [0.5, 0.6) is 5.75 Å². The Bertz CT molecular complexity index is 493. The third kappa shape index (κ3) is 3.07. The highest BCUT2D eigenvalue weighted by Gasteiger charge is 2.27. The summed E-state index contributed by atoms with van der Waals surface area (Å²) in [4.78, 5) is 12.2. The number of halogens is 1. The molecule has 1 aromatic carbocycles. The fourth-order valence-corrected chi connectivity index (χ4v) is 2.55. The van der Waals surface area contributed by atoms with Crippen LogP contribution in [-0.4, -0.2) is 18.6 Å². The van der Waals surface area contributed by atoms with Gasteiger partial charge in [0.25, 0.3) is 0 Å². The minimum absolute atomic E-state index is 0.0833. The number of nitrogens with one attached hydrogen (secondary N) is 1. The highest BCUT2D eigenvalue weighted by Crippen LogP contribution is 2.37. The first kappa shape index (κ1) is 15.1. The van der Waals surface area contributed by atoms with Crippen molar-refractivity contribution in [2.24, 2.45) is 11.7 Å². The van der Waals surface area contributed by atoms with Gasteiger partial charge in [0.15, 0.2) is 0 Å². The molecular formula is C15H21ClN2O2. The molecule has 1 aliphatic heterocycles. The van der Waals surface area contributed by atoms with Gasteiger partial charge in [0.05, 0.1) is 23.7 Å². The predicted octanol–water partition coefficient (Wildman–Crippen LogP) is 2.65. The predicted molar refractivity (Wildman–Crippen MR) is 79.9 cm³/mol. The van der Waals surface area contributed by atoms with E-state index < -0.39 is 6.04 Å². The average Bonchev–Trinajstić information content (AvgIpc) is 2.46. The summed E-state index contributed by atoms with van der Waals surface area (Å²) < 4.78 is 5.58. The first-order chi connectivity index (χ1) is 9.54. The number of fused-ring (bicyclic) bond motifs is 1.